The molecule has 0 aromatic carbocycles. The Morgan fingerprint density at radius 2 is 2.50 bits per heavy atom. The SMILES string of the molecule is COCC(C)CNc1nc2c(s1)CCC2C(=O)O. The van der Waals surface area contributed by atoms with Crippen LogP contribution in [-0.2, 0) is 16.0 Å². The predicted octanol–water partition coefficient (Wildman–Crippen LogP) is 1.95. The molecule has 0 amide bonds. The summed E-state index contributed by atoms with van der Waals surface area (Å²) in [4.78, 5) is 16.6. The maximum absolute atomic E-state index is 11.1. The van der Waals surface area contributed by atoms with E-state index in [0.717, 1.165) is 28.7 Å². The number of fused-ring (bicyclic) bond motifs is 1. The number of hydrogen-bond acceptors (Lipinski definition) is 5. The Morgan fingerprint density at radius 3 is 3.17 bits per heavy atom. The Morgan fingerprint density at radius 1 is 1.72 bits per heavy atom. The number of nitrogens with one attached hydrogen (secondary N) is 1. The molecule has 2 unspecified atom stereocenters. The predicted molar refractivity (Wildman–Crippen MR) is 70.3 cm³/mol. The molecule has 100 valence electrons. The average molecular weight is 270 g/mol. The molecule has 1 heterocycles. The zero-order valence-electron chi connectivity index (χ0n) is 10.6. The van der Waals surface area contributed by atoms with Crippen molar-refractivity contribution in [2.45, 2.75) is 25.7 Å². The van der Waals surface area contributed by atoms with Crippen molar-refractivity contribution in [1.29, 1.82) is 0 Å². The van der Waals surface area contributed by atoms with E-state index < -0.39 is 11.9 Å². The minimum atomic E-state index is -0.765. The first-order chi connectivity index (χ1) is 8.61. The van der Waals surface area contributed by atoms with E-state index >= 15 is 0 Å². The van der Waals surface area contributed by atoms with Crippen LogP contribution in [0.2, 0.25) is 0 Å². The van der Waals surface area contributed by atoms with Gasteiger partial charge in [-0.3, -0.25) is 4.79 Å². The lowest BCUT2D eigenvalue weighted by Crippen LogP contribution is -2.16. The van der Waals surface area contributed by atoms with Gasteiger partial charge in [-0.1, -0.05) is 6.92 Å². The molecular formula is C12H18N2O3S. The molecule has 1 aromatic heterocycles. The highest BCUT2D eigenvalue weighted by Gasteiger charge is 2.32. The number of rotatable bonds is 6. The summed E-state index contributed by atoms with van der Waals surface area (Å²) in [5, 5.41) is 13.2. The van der Waals surface area contributed by atoms with Gasteiger partial charge in [-0.15, -0.1) is 11.3 Å². The van der Waals surface area contributed by atoms with Crippen LogP contribution in [0.15, 0.2) is 0 Å². The Labute approximate surface area is 110 Å². The zero-order chi connectivity index (χ0) is 13.1. The quantitative estimate of drug-likeness (QED) is 0.826. The van der Waals surface area contributed by atoms with E-state index in [4.69, 9.17) is 9.84 Å². The van der Waals surface area contributed by atoms with Crippen molar-refractivity contribution in [3.63, 3.8) is 0 Å². The Hall–Kier alpha value is -1.14. The molecule has 0 saturated heterocycles. The van der Waals surface area contributed by atoms with Crippen LogP contribution in [0, 0.1) is 5.92 Å². The lowest BCUT2D eigenvalue weighted by Gasteiger charge is -2.10. The van der Waals surface area contributed by atoms with E-state index in [9.17, 15) is 4.79 Å². The molecule has 0 radical (unpaired) electrons. The second-order valence-corrected chi connectivity index (χ2v) is 5.78. The number of aliphatic carboxylic acids is 1. The minimum Gasteiger partial charge on any atom is -0.481 e. The van der Waals surface area contributed by atoms with Gasteiger partial charge in [0.05, 0.1) is 12.3 Å². The second kappa shape index (κ2) is 5.67. The molecule has 5 nitrogen and oxygen atoms in total. The van der Waals surface area contributed by atoms with Gasteiger partial charge in [0, 0.05) is 18.5 Å². The van der Waals surface area contributed by atoms with Crippen molar-refractivity contribution in [1.82, 2.24) is 4.98 Å². The molecule has 1 aliphatic carbocycles. The van der Waals surface area contributed by atoms with E-state index in [2.05, 4.69) is 17.2 Å². The standard InChI is InChI=1S/C12H18N2O3S/c1-7(6-17-2)5-13-12-14-10-8(11(15)16)3-4-9(10)18-12/h7-8H,3-6H2,1-2H3,(H,13,14)(H,15,16). The van der Waals surface area contributed by atoms with Gasteiger partial charge in [0.15, 0.2) is 5.13 Å². The maximum Gasteiger partial charge on any atom is 0.312 e. The number of aryl methyl sites for hydroxylation is 1. The van der Waals surface area contributed by atoms with E-state index in [1.807, 2.05) is 0 Å². The Balaban J connectivity index is 1.97. The van der Waals surface area contributed by atoms with Crippen LogP contribution in [0.1, 0.15) is 29.8 Å². The smallest absolute Gasteiger partial charge is 0.312 e. The number of aromatic nitrogens is 1. The van der Waals surface area contributed by atoms with Gasteiger partial charge >= 0.3 is 5.97 Å². The molecule has 1 aliphatic rings. The summed E-state index contributed by atoms with van der Waals surface area (Å²) in [7, 11) is 1.69. The summed E-state index contributed by atoms with van der Waals surface area (Å²) in [6, 6.07) is 0. The second-order valence-electron chi connectivity index (χ2n) is 4.70. The molecule has 2 N–H and O–H groups in total. The third-order valence-electron chi connectivity index (χ3n) is 3.07. The summed E-state index contributed by atoms with van der Waals surface area (Å²) in [5.74, 6) is -0.773. The number of nitrogens with zero attached hydrogens (tertiary/aromatic N) is 1. The summed E-state index contributed by atoms with van der Waals surface area (Å²) >= 11 is 1.58. The number of thiazole rings is 1. The first kappa shape index (κ1) is 13.3. The fourth-order valence-electron chi connectivity index (χ4n) is 2.15. The van der Waals surface area contributed by atoms with E-state index in [0.29, 0.717) is 18.9 Å². The van der Waals surface area contributed by atoms with Crippen molar-refractivity contribution >= 4 is 22.4 Å². The summed E-state index contributed by atoms with van der Waals surface area (Å²) < 4.78 is 5.07. The number of carboxylic acids is 1. The molecule has 18 heavy (non-hydrogen) atoms. The molecule has 0 saturated carbocycles. The van der Waals surface area contributed by atoms with Crippen LogP contribution >= 0.6 is 11.3 Å². The first-order valence-electron chi connectivity index (χ1n) is 6.07. The van der Waals surface area contributed by atoms with Gasteiger partial charge < -0.3 is 15.2 Å². The van der Waals surface area contributed by atoms with Crippen LogP contribution in [0.4, 0.5) is 5.13 Å². The van der Waals surface area contributed by atoms with Crippen LogP contribution in [0.25, 0.3) is 0 Å². The molecule has 0 bridgehead atoms. The third kappa shape index (κ3) is 2.81. The van der Waals surface area contributed by atoms with Gasteiger partial charge in [-0.05, 0) is 18.8 Å². The van der Waals surface area contributed by atoms with E-state index in [-0.39, 0.29) is 0 Å². The fourth-order valence-corrected chi connectivity index (χ4v) is 3.19. The molecule has 0 spiro atoms. The highest BCUT2D eigenvalue weighted by Crippen LogP contribution is 2.38. The van der Waals surface area contributed by atoms with Crippen LogP contribution in [-0.4, -0.2) is 36.3 Å². The van der Waals surface area contributed by atoms with Crippen molar-refractivity contribution < 1.29 is 14.6 Å². The first-order valence-corrected chi connectivity index (χ1v) is 6.88. The van der Waals surface area contributed by atoms with Gasteiger partial charge in [0.1, 0.15) is 5.92 Å². The van der Waals surface area contributed by atoms with Crippen molar-refractivity contribution in [2.75, 3.05) is 25.6 Å². The lowest BCUT2D eigenvalue weighted by molar-refractivity contribution is -0.138. The minimum absolute atomic E-state index is 0.406. The van der Waals surface area contributed by atoms with Crippen molar-refractivity contribution in [3.05, 3.63) is 10.6 Å². The molecule has 6 heteroatoms. The summed E-state index contributed by atoms with van der Waals surface area (Å²) in [6.07, 6.45) is 1.52. The largest absolute Gasteiger partial charge is 0.481 e. The topological polar surface area (TPSA) is 71.5 Å². The highest BCUT2D eigenvalue weighted by molar-refractivity contribution is 7.15. The monoisotopic (exact) mass is 270 g/mol. The van der Waals surface area contributed by atoms with Crippen LogP contribution < -0.4 is 5.32 Å². The van der Waals surface area contributed by atoms with Crippen molar-refractivity contribution in [2.24, 2.45) is 5.92 Å². The Bertz CT molecular complexity index is 433. The van der Waals surface area contributed by atoms with Crippen LogP contribution in [0.5, 0.6) is 0 Å². The van der Waals surface area contributed by atoms with Gasteiger partial charge in [0.25, 0.3) is 0 Å². The average Bonchev–Trinajstić information content (AvgIpc) is 2.85. The lowest BCUT2D eigenvalue weighted by atomic mass is 10.1. The maximum atomic E-state index is 11.1. The number of carboxylic acid groups (broad SMARTS) is 1. The van der Waals surface area contributed by atoms with Gasteiger partial charge in [-0.25, -0.2) is 4.98 Å². The summed E-state index contributed by atoms with van der Waals surface area (Å²) in [5.41, 5.74) is 0.759. The summed E-state index contributed by atoms with van der Waals surface area (Å²) in [6.45, 7) is 3.59. The highest BCUT2D eigenvalue weighted by atomic mass is 32.1. The number of ether oxygens (including phenoxy) is 1. The number of carbonyl (C=O) groups is 1. The number of anilines is 1. The van der Waals surface area contributed by atoms with E-state index in [1.54, 1.807) is 18.4 Å². The van der Waals surface area contributed by atoms with Gasteiger partial charge in [0.2, 0.25) is 0 Å². The van der Waals surface area contributed by atoms with Gasteiger partial charge in [-0.2, -0.15) is 0 Å². The number of methoxy groups -OCH3 is 1. The van der Waals surface area contributed by atoms with Crippen LogP contribution in [0.3, 0.4) is 0 Å². The zero-order valence-corrected chi connectivity index (χ0v) is 11.4. The normalized spacial score (nSPS) is 19.6. The molecule has 2 rings (SSSR count). The number of hydrogen-bond donors (Lipinski definition) is 2. The molecule has 0 fully saturated rings. The molecular weight excluding hydrogens is 252 g/mol. The fraction of sp³-hybridized carbons (Fsp3) is 0.667. The third-order valence-corrected chi connectivity index (χ3v) is 4.16. The van der Waals surface area contributed by atoms with Crippen molar-refractivity contribution in [3.8, 4) is 0 Å². The molecule has 1 aromatic rings. The van der Waals surface area contributed by atoms with E-state index in [1.165, 1.54) is 0 Å². The Kier molecular flexibility index (Phi) is 4.19. The molecule has 2 atom stereocenters. The molecule has 0 aliphatic heterocycles.